The molecule has 2 aromatic carbocycles. The third-order valence-corrected chi connectivity index (χ3v) is 3.35. The van der Waals surface area contributed by atoms with Crippen molar-refractivity contribution in [3.05, 3.63) is 64.8 Å². The summed E-state index contributed by atoms with van der Waals surface area (Å²) in [7, 11) is 2.92. The average molecular weight is 336 g/mol. The maximum absolute atomic E-state index is 13.5. The first kappa shape index (κ1) is 17.5. The molecule has 0 saturated heterocycles. The standard InChI is InChI=1S/C17H12F4N2O/c1-22-15-7-4-10(8-14(15)17(19,20)21)12-6-5-11(18)9-13(12)16(24)23(2)3/h4-9H,2-3H3. The van der Waals surface area contributed by atoms with Crippen molar-refractivity contribution < 1.29 is 22.4 Å². The highest BCUT2D eigenvalue weighted by Crippen LogP contribution is 2.39. The summed E-state index contributed by atoms with van der Waals surface area (Å²) < 4.78 is 52.8. The Hall–Kier alpha value is -2.88. The van der Waals surface area contributed by atoms with Gasteiger partial charge in [-0.2, -0.15) is 13.2 Å². The number of alkyl halides is 3. The van der Waals surface area contributed by atoms with Gasteiger partial charge in [0.05, 0.1) is 17.7 Å². The lowest BCUT2D eigenvalue weighted by Gasteiger charge is -2.16. The van der Waals surface area contributed by atoms with Gasteiger partial charge in [0, 0.05) is 14.1 Å². The zero-order valence-corrected chi connectivity index (χ0v) is 12.8. The molecular weight excluding hydrogens is 324 g/mol. The number of hydrogen-bond acceptors (Lipinski definition) is 1. The first-order valence-electron chi connectivity index (χ1n) is 6.75. The van der Waals surface area contributed by atoms with Crippen LogP contribution in [0.15, 0.2) is 36.4 Å². The third-order valence-electron chi connectivity index (χ3n) is 3.35. The smallest absolute Gasteiger partial charge is 0.345 e. The van der Waals surface area contributed by atoms with Crippen molar-refractivity contribution in [1.29, 1.82) is 0 Å². The Bertz CT molecular complexity index is 835. The van der Waals surface area contributed by atoms with Gasteiger partial charge in [0.1, 0.15) is 5.82 Å². The molecule has 0 atom stereocenters. The van der Waals surface area contributed by atoms with Gasteiger partial charge in [-0.05, 0) is 23.3 Å². The Morgan fingerprint density at radius 3 is 2.33 bits per heavy atom. The molecule has 0 aliphatic heterocycles. The Morgan fingerprint density at radius 1 is 1.12 bits per heavy atom. The zero-order valence-electron chi connectivity index (χ0n) is 12.8. The van der Waals surface area contributed by atoms with E-state index in [-0.39, 0.29) is 16.7 Å². The number of amides is 1. The summed E-state index contributed by atoms with van der Waals surface area (Å²) >= 11 is 0. The van der Waals surface area contributed by atoms with E-state index in [9.17, 15) is 22.4 Å². The lowest BCUT2D eigenvalue weighted by atomic mass is 9.96. The predicted octanol–water partition coefficient (Wildman–Crippen LogP) is 4.76. The van der Waals surface area contributed by atoms with Crippen molar-refractivity contribution in [2.75, 3.05) is 14.1 Å². The summed E-state index contributed by atoms with van der Waals surface area (Å²) in [6, 6.07) is 6.44. The van der Waals surface area contributed by atoms with E-state index in [1.807, 2.05) is 0 Å². The van der Waals surface area contributed by atoms with Gasteiger partial charge < -0.3 is 4.90 Å². The minimum atomic E-state index is -4.71. The normalized spacial score (nSPS) is 11.0. The van der Waals surface area contributed by atoms with Crippen molar-refractivity contribution in [2.45, 2.75) is 6.18 Å². The number of carbonyl (C=O) groups excluding carboxylic acids is 1. The van der Waals surface area contributed by atoms with Crippen LogP contribution in [0.2, 0.25) is 0 Å². The van der Waals surface area contributed by atoms with Crippen LogP contribution in [-0.4, -0.2) is 24.9 Å². The molecule has 0 N–H and O–H groups in total. The van der Waals surface area contributed by atoms with E-state index < -0.39 is 29.2 Å². The Kier molecular flexibility index (Phi) is 4.60. The molecule has 0 saturated carbocycles. The Morgan fingerprint density at radius 2 is 1.79 bits per heavy atom. The lowest BCUT2D eigenvalue weighted by Crippen LogP contribution is -2.22. The SMILES string of the molecule is [C-]#[N+]c1ccc(-c2ccc(F)cc2C(=O)N(C)C)cc1C(F)(F)F. The summed E-state index contributed by atoms with van der Waals surface area (Å²) in [5.74, 6) is -1.20. The van der Waals surface area contributed by atoms with E-state index in [4.69, 9.17) is 6.57 Å². The third kappa shape index (κ3) is 3.38. The van der Waals surface area contributed by atoms with E-state index in [2.05, 4.69) is 4.85 Å². The number of benzene rings is 2. The van der Waals surface area contributed by atoms with E-state index in [0.29, 0.717) is 0 Å². The van der Waals surface area contributed by atoms with Crippen LogP contribution in [0.4, 0.5) is 23.2 Å². The van der Waals surface area contributed by atoms with Crippen LogP contribution in [0.3, 0.4) is 0 Å². The molecule has 7 heteroatoms. The monoisotopic (exact) mass is 336 g/mol. The predicted molar refractivity (Wildman–Crippen MR) is 81.1 cm³/mol. The highest BCUT2D eigenvalue weighted by Gasteiger charge is 2.34. The van der Waals surface area contributed by atoms with Gasteiger partial charge >= 0.3 is 6.18 Å². The van der Waals surface area contributed by atoms with Gasteiger partial charge in [0.25, 0.3) is 5.91 Å². The number of carbonyl (C=O) groups is 1. The molecule has 2 aromatic rings. The van der Waals surface area contributed by atoms with Crippen LogP contribution in [0.25, 0.3) is 16.0 Å². The van der Waals surface area contributed by atoms with Gasteiger partial charge in [-0.1, -0.05) is 24.3 Å². The summed E-state index contributed by atoms with van der Waals surface area (Å²) in [6.45, 7) is 6.85. The lowest BCUT2D eigenvalue weighted by molar-refractivity contribution is -0.136. The highest BCUT2D eigenvalue weighted by atomic mass is 19.4. The minimum absolute atomic E-state index is 0.0521. The molecule has 0 aliphatic rings. The minimum Gasteiger partial charge on any atom is -0.345 e. The molecule has 24 heavy (non-hydrogen) atoms. The van der Waals surface area contributed by atoms with Crippen LogP contribution in [0, 0.1) is 12.4 Å². The van der Waals surface area contributed by atoms with Gasteiger partial charge in [-0.25, -0.2) is 9.24 Å². The molecule has 0 fully saturated rings. The van der Waals surface area contributed by atoms with Crippen molar-refractivity contribution >= 4 is 11.6 Å². The molecule has 0 bridgehead atoms. The maximum Gasteiger partial charge on any atom is 0.407 e. The number of halogens is 4. The van der Waals surface area contributed by atoms with Crippen molar-refractivity contribution in [3.63, 3.8) is 0 Å². The zero-order chi connectivity index (χ0) is 18.1. The molecule has 0 spiro atoms. The van der Waals surface area contributed by atoms with Crippen LogP contribution in [-0.2, 0) is 6.18 Å². The van der Waals surface area contributed by atoms with Crippen molar-refractivity contribution in [2.24, 2.45) is 0 Å². The van der Waals surface area contributed by atoms with Gasteiger partial charge in [0.15, 0.2) is 5.69 Å². The van der Waals surface area contributed by atoms with Crippen LogP contribution in [0.5, 0.6) is 0 Å². The largest absolute Gasteiger partial charge is 0.407 e. The van der Waals surface area contributed by atoms with Crippen molar-refractivity contribution in [1.82, 2.24) is 4.90 Å². The number of hydrogen-bond donors (Lipinski definition) is 0. The number of rotatable bonds is 2. The topological polar surface area (TPSA) is 24.7 Å². The Labute approximate surface area is 135 Å². The van der Waals surface area contributed by atoms with E-state index >= 15 is 0 Å². The van der Waals surface area contributed by atoms with E-state index in [1.165, 1.54) is 31.1 Å². The molecular formula is C17H12F4N2O. The molecule has 1 amide bonds. The average Bonchev–Trinajstić information content (AvgIpc) is 2.52. The fourth-order valence-electron chi connectivity index (χ4n) is 2.21. The summed E-state index contributed by atoms with van der Waals surface area (Å²) in [5, 5.41) is 0. The summed E-state index contributed by atoms with van der Waals surface area (Å²) in [6.07, 6.45) is -4.71. The fourth-order valence-corrected chi connectivity index (χ4v) is 2.21. The Balaban J connectivity index is 2.70. The second-order valence-electron chi connectivity index (χ2n) is 5.23. The highest BCUT2D eigenvalue weighted by molar-refractivity contribution is 6.00. The second kappa shape index (κ2) is 6.32. The van der Waals surface area contributed by atoms with E-state index in [0.717, 1.165) is 24.3 Å². The first-order valence-corrected chi connectivity index (χ1v) is 6.75. The molecule has 124 valence electrons. The first-order chi connectivity index (χ1) is 11.1. The molecule has 0 unspecified atom stereocenters. The van der Waals surface area contributed by atoms with E-state index in [1.54, 1.807) is 0 Å². The number of nitrogens with zero attached hydrogens (tertiary/aromatic N) is 2. The molecule has 3 nitrogen and oxygen atoms in total. The molecule has 2 rings (SSSR count). The molecule has 0 heterocycles. The molecule has 0 aliphatic carbocycles. The summed E-state index contributed by atoms with van der Waals surface area (Å²) in [5.41, 5.74) is -1.43. The fraction of sp³-hybridized carbons (Fsp3) is 0.176. The van der Waals surface area contributed by atoms with Crippen LogP contribution < -0.4 is 0 Å². The molecule has 0 radical (unpaired) electrons. The van der Waals surface area contributed by atoms with Gasteiger partial charge in [0.2, 0.25) is 0 Å². The molecule has 0 aromatic heterocycles. The quantitative estimate of drug-likeness (QED) is 0.573. The van der Waals surface area contributed by atoms with Crippen LogP contribution in [0.1, 0.15) is 15.9 Å². The second-order valence-corrected chi connectivity index (χ2v) is 5.23. The summed E-state index contributed by atoms with van der Waals surface area (Å²) in [4.78, 5) is 16.3. The van der Waals surface area contributed by atoms with Crippen LogP contribution >= 0.6 is 0 Å². The van der Waals surface area contributed by atoms with Crippen molar-refractivity contribution in [3.8, 4) is 11.1 Å². The maximum atomic E-state index is 13.5. The van der Waals surface area contributed by atoms with Gasteiger partial charge in [-0.3, -0.25) is 4.79 Å². The van der Waals surface area contributed by atoms with Gasteiger partial charge in [-0.15, -0.1) is 0 Å².